The molecule has 1 fully saturated rings. The lowest BCUT2D eigenvalue weighted by Gasteiger charge is -2.34. The number of likely N-dealkylation sites (tertiary alicyclic amines) is 1. The minimum absolute atomic E-state index is 0.0162. The summed E-state index contributed by atoms with van der Waals surface area (Å²) < 4.78 is 1.53. The molecule has 4 aromatic heterocycles. The summed E-state index contributed by atoms with van der Waals surface area (Å²) in [5.41, 5.74) is 1.19. The number of aromatic nitrogens is 6. The van der Waals surface area contributed by atoms with Gasteiger partial charge in [0.05, 0.1) is 40.1 Å². The summed E-state index contributed by atoms with van der Waals surface area (Å²) in [6, 6.07) is 3.17. The molecule has 5 heterocycles. The van der Waals surface area contributed by atoms with Crippen molar-refractivity contribution >= 4 is 33.8 Å². The van der Waals surface area contributed by atoms with Gasteiger partial charge in [0.25, 0.3) is 11.5 Å². The number of aliphatic hydroxyl groups is 1. The summed E-state index contributed by atoms with van der Waals surface area (Å²) >= 11 is 0. The number of carbonyl (C=O) groups excluding carboxylic acids is 1. The number of pyridine rings is 2. The van der Waals surface area contributed by atoms with Crippen LogP contribution < -0.4 is 11.2 Å². The topological polar surface area (TPSA) is 151 Å². The predicted octanol–water partition coefficient (Wildman–Crippen LogP) is 1.19. The first kappa shape index (κ1) is 22.3. The van der Waals surface area contributed by atoms with E-state index in [0.29, 0.717) is 53.7 Å². The second-order valence-corrected chi connectivity index (χ2v) is 8.33. The molecule has 1 aliphatic rings. The van der Waals surface area contributed by atoms with Gasteiger partial charge in [-0.3, -0.25) is 24.1 Å². The number of piperidine rings is 1. The Labute approximate surface area is 197 Å². The number of aliphatic hydroxyl groups excluding tert-OH is 1. The third-order valence-corrected chi connectivity index (χ3v) is 6.14. The van der Waals surface area contributed by atoms with E-state index in [0.717, 1.165) is 0 Å². The van der Waals surface area contributed by atoms with E-state index in [1.165, 1.54) is 30.1 Å². The van der Waals surface area contributed by atoms with Gasteiger partial charge in [0.2, 0.25) is 0 Å². The maximum atomic E-state index is 13.0. The number of hydrogen-bond acceptors (Lipinski definition) is 8. The van der Waals surface area contributed by atoms with Crippen LogP contribution in [0.15, 0.2) is 40.3 Å². The molecule has 1 saturated heterocycles. The number of nitrogens with one attached hydrogen (secondary N) is 1. The number of rotatable bonds is 3. The molecule has 0 spiro atoms. The zero-order valence-corrected chi connectivity index (χ0v) is 18.7. The fraction of sp³-hybridized carbons (Fsp3) is 0.304. The molecule has 0 unspecified atom stereocenters. The molecular weight excluding hydrogens is 452 g/mol. The molecule has 5 rings (SSSR count). The Morgan fingerprint density at radius 2 is 1.89 bits per heavy atom. The van der Waals surface area contributed by atoms with E-state index >= 15 is 0 Å². The van der Waals surface area contributed by atoms with Crippen LogP contribution in [-0.2, 0) is 4.79 Å². The van der Waals surface area contributed by atoms with Crippen LogP contribution in [0, 0.1) is 6.57 Å². The Morgan fingerprint density at radius 1 is 1.17 bits per heavy atom. The van der Waals surface area contributed by atoms with Gasteiger partial charge in [-0.15, -0.1) is 6.57 Å². The maximum Gasteiger partial charge on any atom is 0.371 e. The van der Waals surface area contributed by atoms with Crippen LogP contribution >= 0.6 is 0 Å². The average Bonchev–Trinajstić information content (AvgIpc) is 2.88. The van der Waals surface area contributed by atoms with Gasteiger partial charge < -0.3 is 14.9 Å². The summed E-state index contributed by atoms with van der Waals surface area (Å²) in [5.74, 6) is -0.336. The SMILES string of the molecule is [C-]#[N+]c1ncc(-c2ccc3ncc4c(=O)[nH]c(=O)n(C5CCN(C(=O)[C@@H](C)O)CC5)c4c3n2)cn1. The van der Waals surface area contributed by atoms with Crippen LogP contribution in [0.25, 0.3) is 38.0 Å². The van der Waals surface area contributed by atoms with E-state index < -0.39 is 17.4 Å². The second kappa shape index (κ2) is 8.69. The Hall–Kier alpha value is -4.50. The van der Waals surface area contributed by atoms with Gasteiger partial charge in [-0.05, 0) is 31.9 Å². The summed E-state index contributed by atoms with van der Waals surface area (Å²) in [5, 5.41) is 9.84. The molecular formula is C23H20N8O4. The monoisotopic (exact) mass is 472 g/mol. The third kappa shape index (κ3) is 3.91. The number of H-pyrrole nitrogens is 1. The maximum absolute atomic E-state index is 13.0. The summed E-state index contributed by atoms with van der Waals surface area (Å²) in [4.78, 5) is 62.0. The smallest absolute Gasteiger partial charge is 0.371 e. The second-order valence-electron chi connectivity index (χ2n) is 8.33. The number of amides is 1. The van der Waals surface area contributed by atoms with Gasteiger partial charge in [-0.1, -0.05) is 0 Å². The van der Waals surface area contributed by atoms with E-state index in [1.54, 1.807) is 17.0 Å². The molecule has 0 saturated carbocycles. The molecule has 0 bridgehead atoms. The predicted molar refractivity (Wildman–Crippen MR) is 126 cm³/mol. The van der Waals surface area contributed by atoms with Gasteiger partial charge in [-0.2, -0.15) is 9.97 Å². The number of hydrogen-bond donors (Lipinski definition) is 2. The number of aromatic amines is 1. The van der Waals surface area contributed by atoms with E-state index in [1.807, 2.05) is 0 Å². The highest BCUT2D eigenvalue weighted by Gasteiger charge is 2.28. The Bertz CT molecular complexity index is 1610. The highest BCUT2D eigenvalue weighted by Crippen LogP contribution is 2.29. The first-order valence-corrected chi connectivity index (χ1v) is 11.0. The Kier molecular flexibility index (Phi) is 5.54. The van der Waals surface area contributed by atoms with Crippen molar-refractivity contribution in [1.82, 2.24) is 34.4 Å². The van der Waals surface area contributed by atoms with Crippen LogP contribution in [0.5, 0.6) is 0 Å². The largest absolute Gasteiger partial charge is 0.394 e. The van der Waals surface area contributed by atoms with Crippen LogP contribution in [0.3, 0.4) is 0 Å². The summed E-state index contributed by atoms with van der Waals surface area (Å²) in [7, 11) is 0. The van der Waals surface area contributed by atoms with Gasteiger partial charge >= 0.3 is 11.6 Å². The molecule has 0 aliphatic carbocycles. The van der Waals surface area contributed by atoms with Crippen molar-refractivity contribution in [3.8, 4) is 11.3 Å². The number of nitrogens with zero attached hydrogens (tertiary/aromatic N) is 7. The van der Waals surface area contributed by atoms with Crippen molar-refractivity contribution in [3.05, 3.63) is 63.0 Å². The summed E-state index contributed by atoms with van der Waals surface area (Å²) in [6.07, 6.45) is 4.25. The molecule has 0 aromatic carbocycles. The lowest BCUT2D eigenvalue weighted by Crippen LogP contribution is -2.45. The van der Waals surface area contributed by atoms with Crippen LogP contribution in [0.2, 0.25) is 0 Å². The van der Waals surface area contributed by atoms with Crippen molar-refractivity contribution < 1.29 is 9.90 Å². The molecule has 4 aromatic rings. The van der Waals surface area contributed by atoms with Crippen molar-refractivity contribution in [1.29, 1.82) is 0 Å². The molecule has 12 nitrogen and oxygen atoms in total. The van der Waals surface area contributed by atoms with E-state index in [-0.39, 0.29) is 23.3 Å². The standard InChI is InChI=1S/C23H20N8O4/c1-12(32)21(34)30-7-5-14(6-8-30)31-19-15(20(33)29-23(31)35)11-25-17-4-3-16(28-18(17)19)13-9-26-22(24-2)27-10-13/h3-4,9-12,14,32H,5-8H2,1H3,(H,29,33,35)/t12-/m1/s1. The van der Waals surface area contributed by atoms with Gasteiger partial charge in [0, 0.05) is 25.3 Å². The highest BCUT2D eigenvalue weighted by atomic mass is 16.3. The van der Waals surface area contributed by atoms with Gasteiger partial charge in [-0.25, -0.2) is 9.78 Å². The molecule has 12 heteroatoms. The van der Waals surface area contributed by atoms with Crippen LogP contribution in [0.4, 0.5) is 5.95 Å². The zero-order chi connectivity index (χ0) is 24.7. The third-order valence-electron chi connectivity index (χ3n) is 6.14. The van der Waals surface area contributed by atoms with Crippen molar-refractivity contribution in [2.45, 2.75) is 31.9 Å². The minimum atomic E-state index is -1.09. The van der Waals surface area contributed by atoms with Gasteiger partial charge in [0.15, 0.2) is 0 Å². The molecule has 1 amide bonds. The Balaban J connectivity index is 1.66. The Morgan fingerprint density at radius 3 is 2.54 bits per heavy atom. The lowest BCUT2D eigenvalue weighted by atomic mass is 10.0. The number of carbonyl (C=O) groups is 1. The van der Waals surface area contributed by atoms with Crippen LogP contribution in [-0.4, -0.2) is 64.6 Å². The molecule has 1 aliphatic heterocycles. The quantitative estimate of drug-likeness (QED) is 0.333. The van der Waals surface area contributed by atoms with E-state index in [4.69, 9.17) is 11.6 Å². The fourth-order valence-electron chi connectivity index (χ4n) is 4.42. The van der Waals surface area contributed by atoms with Crippen molar-refractivity contribution in [3.63, 3.8) is 0 Å². The first-order valence-electron chi connectivity index (χ1n) is 11.0. The lowest BCUT2D eigenvalue weighted by molar-refractivity contribution is -0.140. The van der Waals surface area contributed by atoms with E-state index in [9.17, 15) is 19.5 Å². The van der Waals surface area contributed by atoms with Crippen LogP contribution in [0.1, 0.15) is 25.8 Å². The summed E-state index contributed by atoms with van der Waals surface area (Å²) in [6.45, 7) is 9.18. The highest BCUT2D eigenvalue weighted by molar-refractivity contribution is 6.01. The van der Waals surface area contributed by atoms with Gasteiger partial charge in [0.1, 0.15) is 11.6 Å². The average molecular weight is 472 g/mol. The zero-order valence-electron chi connectivity index (χ0n) is 18.7. The normalized spacial score (nSPS) is 15.3. The van der Waals surface area contributed by atoms with Crippen molar-refractivity contribution in [2.75, 3.05) is 13.1 Å². The fourth-order valence-corrected chi connectivity index (χ4v) is 4.42. The minimum Gasteiger partial charge on any atom is -0.394 e. The number of fused-ring (bicyclic) bond motifs is 3. The van der Waals surface area contributed by atoms with Crippen molar-refractivity contribution in [2.24, 2.45) is 0 Å². The molecule has 35 heavy (non-hydrogen) atoms. The van der Waals surface area contributed by atoms with E-state index in [2.05, 4.69) is 24.8 Å². The molecule has 176 valence electrons. The molecule has 1 atom stereocenters. The first-order chi connectivity index (χ1) is 16.9. The molecule has 2 N–H and O–H groups in total. The molecule has 0 radical (unpaired) electrons.